The molecule has 4 nitrogen and oxygen atoms in total. The lowest BCUT2D eigenvalue weighted by Gasteiger charge is -1.99. The van der Waals surface area contributed by atoms with Gasteiger partial charge < -0.3 is 4.18 Å². The Morgan fingerprint density at radius 2 is 2.43 bits per heavy atom. The fourth-order valence-electron chi connectivity index (χ4n) is 1.09. The van der Waals surface area contributed by atoms with Crippen molar-refractivity contribution in [1.29, 1.82) is 0 Å². The topological polar surface area (TPSA) is 52.1 Å². The third kappa shape index (κ3) is 1.58. The van der Waals surface area contributed by atoms with E-state index in [0.29, 0.717) is 5.56 Å². The molecule has 6 heteroatoms. The van der Waals surface area contributed by atoms with E-state index >= 15 is 0 Å². The summed E-state index contributed by atoms with van der Waals surface area (Å²) in [5.74, 6) is -0.353. The lowest BCUT2D eigenvalue weighted by atomic mass is 10.2. The summed E-state index contributed by atoms with van der Waals surface area (Å²) in [6.45, 7) is 0. The van der Waals surface area contributed by atoms with Crippen molar-refractivity contribution in [2.24, 2.45) is 0 Å². The maximum atomic E-state index is 11.5. The minimum Gasteiger partial charge on any atom is -0.388 e. The number of benzene rings is 1. The van der Waals surface area contributed by atoms with Crippen LogP contribution in [0.1, 0.15) is 10.4 Å². The van der Waals surface area contributed by atoms with Gasteiger partial charge in [-0.25, -0.2) is 4.79 Å². The monoisotopic (exact) mass is 226 g/mol. The Balaban J connectivity index is 2.50. The molecule has 0 atom stereocenters. The molecule has 0 aliphatic carbocycles. The summed E-state index contributed by atoms with van der Waals surface area (Å²) < 4.78 is 9.39. The van der Waals surface area contributed by atoms with Gasteiger partial charge >= 0.3 is 5.97 Å². The van der Waals surface area contributed by atoms with Crippen LogP contribution in [0.25, 0.3) is 10.2 Å². The van der Waals surface area contributed by atoms with Crippen molar-refractivity contribution >= 4 is 39.8 Å². The molecular weight excluding hydrogens is 220 g/mol. The highest BCUT2D eigenvalue weighted by Crippen LogP contribution is 2.21. The van der Waals surface area contributed by atoms with Crippen LogP contribution in [0, 0.1) is 0 Å². The molecule has 0 aliphatic rings. The molecular formula is C8H6N2O2S2. The fraction of sp³-hybridized carbons (Fsp3) is 0.125. The van der Waals surface area contributed by atoms with Gasteiger partial charge in [0.25, 0.3) is 0 Å². The van der Waals surface area contributed by atoms with Crippen LogP contribution in [-0.4, -0.2) is 21.8 Å². The fourth-order valence-corrected chi connectivity index (χ4v) is 1.99. The van der Waals surface area contributed by atoms with Crippen molar-refractivity contribution < 1.29 is 8.98 Å². The maximum Gasteiger partial charge on any atom is 0.351 e. The average Bonchev–Trinajstić information content (AvgIpc) is 2.65. The van der Waals surface area contributed by atoms with Crippen LogP contribution >= 0.6 is 23.6 Å². The van der Waals surface area contributed by atoms with Crippen molar-refractivity contribution in [3.63, 3.8) is 0 Å². The lowest BCUT2D eigenvalue weighted by Crippen LogP contribution is -1.99. The van der Waals surface area contributed by atoms with E-state index in [4.69, 9.17) is 4.18 Å². The van der Waals surface area contributed by atoms with Crippen molar-refractivity contribution in [2.45, 2.75) is 0 Å². The Labute approximate surface area is 88.6 Å². The summed E-state index contributed by atoms with van der Waals surface area (Å²) in [5.41, 5.74) is 1.25. The van der Waals surface area contributed by atoms with Gasteiger partial charge in [-0.15, -0.1) is 5.10 Å². The van der Waals surface area contributed by atoms with E-state index in [1.54, 1.807) is 18.4 Å². The van der Waals surface area contributed by atoms with Crippen molar-refractivity contribution in [3.05, 3.63) is 23.8 Å². The van der Waals surface area contributed by atoms with E-state index in [2.05, 4.69) is 9.59 Å². The number of aromatic nitrogens is 2. The van der Waals surface area contributed by atoms with Crippen molar-refractivity contribution in [1.82, 2.24) is 9.59 Å². The number of rotatable bonds is 2. The van der Waals surface area contributed by atoms with Crippen LogP contribution in [0.3, 0.4) is 0 Å². The SMILES string of the molecule is CSOC(=O)c1cccc2nnsc12. The van der Waals surface area contributed by atoms with E-state index in [-0.39, 0.29) is 5.97 Å². The molecule has 0 fully saturated rings. The Morgan fingerprint density at radius 1 is 1.57 bits per heavy atom. The van der Waals surface area contributed by atoms with E-state index in [1.165, 1.54) is 11.5 Å². The zero-order valence-corrected chi connectivity index (χ0v) is 8.89. The zero-order valence-electron chi connectivity index (χ0n) is 7.26. The van der Waals surface area contributed by atoms with Crippen LogP contribution in [0.2, 0.25) is 0 Å². The molecule has 0 radical (unpaired) electrons. The Kier molecular flexibility index (Phi) is 2.64. The van der Waals surface area contributed by atoms with Gasteiger partial charge in [-0.05, 0) is 23.7 Å². The van der Waals surface area contributed by atoms with Crippen LogP contribution in [-0.2, 0) is 4.18 Å². The van der Waals surface area contributed by atoms with Gasteiger partial charge in [0, 0.05) is 6.26 Å². The molecule has 14 heavy (non-hydrogen) atoms. The standard InChI is InChI=1S/C8H6N2O2S2/c1-13-12-8(11)5-3-2-4-6-7(5)14-10-9-6/h2-4H,1H3. The molecule has 72 valence electrons. The maximum absolute atomic E-state index is 11.5. The van der Waals surface area contributed by atoms with E-state index < -0.39 is 0 Å². The van der Waals surface area contributed by atoms with Gasteiger partial charge in [0.15, 0.2) is 0 Å². The van der Waals surface area contributed by atoms with Crippen LogP contribution in [0.4, 0.5) is 0 Å². The van der Waals surface area contributed by atoms with Gasteiger partial charge in [-0.2, -0.15) is 0 Å². The molecule has 0 aliphatic heterocycles. The second-order valence-corrected chi connectivity index (χ2v) is 3.72. The number of carbonyl (C=O) groups excluding carboxylic acids is 1. The first kappa shape index (κ1) is 9.42. The molecule has 0 amide bonds. The molecule has 0 unspecified atom stereocenters. The molecule has 1 aromatic heterocycles. The molecule has 2 rings (SSSR count). The van der Waals surface area contributed by atoms with Gasteiger partial charge in [0.2, 0.25) is 0 Å². The second-order valence-electron chi connectivity index (χ2n) is 2.46. The van der Waals surface area contributed by atoms with Crippen LogP contribution < -0.4 is 0 Å². The summed E-state index contributed by atoms with van der Waals surface area (Å²) in [7, 11) is 0. The zero-order chi connectivity index (χ0) is 9.97. The predicted octanol–water partition coefficient (Wildman–Crippen LogP) is 2.13. The first-order chi connectivity index (χ1) is 6.83. The first-order valence-corrected chi connectivity index (χ1v) is 5.71. The van der Waals surface area contributed by atoms with Gasteiger partial charge in [0.1, 0.15) is 5.52 Å². The third-order valence-electron chi connectivity index (χ3n) is 1.65. The quantitative estimate of drug-likeness (QED) is 0.734. The summed E-state index contributed by atoms with van der Waals surface area (Å²) >= 11 is 2.23. The molecule has 0 saturated carbocycles. The number of hydrogen-bond donors (Lipinski definition) is 0. The molecule has 0 spiro atoms. The number of fused-ring (bicyclic) bond motifs is 1. The van der Waals surface area contributed by atoms with E-state index in [1.807, 2.05) is 6.07 Å². The largest absolute Gasteiger partial charge is 0.388 e. The van der Waals surface area contributed by atoms with E-state index in [0.717, 1.165) is 22.3 Å². The average molecular weight is 226 g/mol. The summed E-state index contributed by atoms with van der Waals surface area (Å²) in [4.78, 5) is 11.5. The van der Waals surface area contributed by atoms with Gasteiger partial charge in [-0.1, -0.05) is 10.6 Å². The summed E-state index contributed by atoms with van der Waals surface area (Å²) in [5, 5.41) is 3.88. The summed E-state index contributed by atoms with van der Waals surface area (Å²) in [6.07, 6.45) is 1.70. The van der Waals surface area contributed by atoms with Crippen molar-refractivity contribution in [2.75, 3.05) is 6.26 Å². The van der Waals surface area contributed by atoms with E-state index in [9.17, 15) is 4.79 Å². The first-order valence-electron chi connectivity index (χ1n) is 3.79. The number of hydrogen-bond acceptors (Lipinski definition) is 6. The Morgan fingerprint density at radius 3 is 3.21 bits per heavy atom. The van der Waals surface area contributed by atoms with Crippen molar-refractivity contribution in [3.8, 4) is 0 Å². The van der Waals surface area contributed by atoms with Crippen LogP contribution in [0.15, 0.2) is 18.2 Å². The number of carbonyl (C=O) groups is 1. The third-order valence-corrected chi connectivity index (χ3v) is 2.75. The highest BCUT2D eigenvalue weighted by Gasteiger charge is 2.13. The molecule has 0 saturated heterocycles. The predicted molar refractivity (Wildman–Crippen MR) is 56.3 cm³/mol. The lowest BCUT2D eigenvalue weighted by molar-refractivity contribution is 0.0771. The molecule has 0 bridgehead atoms. The second kappa shape index (κ2) is 3.93. The molecule has 2 aromatic rings. The highest BCUT2D eigenvalue weighted by molar-refractivity contribution is 7.94. The molecule has 1 heterocycles. The summed E-state index contributed by atoms with van der Waals surface area (Å²) in [6, 6.07) is 5.29. The molecule has 0 N–H and O–H groups in total. The Bertz CT molecular complexity index is 469. The van der Waals surface area contributed by atoms with Gasteiger partial charge in [-0.3, -0.25) is 0 Å². The Hall–Kier alpha value is -1.14. The normalized spacial score (nSPS) is 10.4. The van der Waals surface area contributed by atoms with Crippen LogP contribution in [0.5, 0.6) is 0 Å². The molecule has 1 aromatic carbocycles. The minimum atomic E-state index is -0.353. The smallest absolute Gasteiger partial charge is 0.351 e. The van der Waals surface area contributed by atoms with Gasteiger partial charge in [0.05, 0.1) is 22.3 Å². The minimum absolute atomic E-state index is 0.353. The number of nitrogens with zero attached hydrogens (tertiary/aromatic N) is 2. The highest BCUT2D eigenvalue weighted by atomic mass is 32.2.